The Kier molecular flexibility index (Phi) is 5.17. The van der Waals surface area contributed by atoms with E-state index in [1.54, 1.807) is 7.11 Å². The van der Waals surface area contributed by atoms with Crippen LogP contribution in [0.2, 0.25) is 0 Å². The van der Waals surface area contributed by atoms with Gasteiger partial charge in [-0.05, 0) is 50.8 Å². The number of hydrogen-bond acceptors (Lipinski definition) is 2. The highest BCUT2D eigenvalue weighted by Gasteiger charge is 2.20. The van der Waals surface area contributed by atoms with Crippen molar-refractivity contribution in [2.45, 2.75) is 45.3 Å². The minimum absolute atomic E-state index is 0.180. The summed E-state index contributed by atoms with van der Waals surface area (Å²) in [5.41, 5.74) is 1.92. The molecular formula is C14H21BrO2. The molecule has 0 heterocycles. The van der Waals surface area contributed by atoms with Crippen molar-refractivity contribution in [2.75, 3.05) is 7.11 Å². The molecule has 0 radical (unpaired) electrons. The number of benzene rings is 1. The van der Waals surface area contributed by atoms with Crippen LogP contribution in [-0.2, 0) is 4.74 Å². The van der Waals surface area contributed by atoms with Gasteiger partial charge in [0.2, 0.25) is 0 Å². The molecule has 3 heteroatoms. The summed E-state index contributed by atoms with van der Waals surface area (Å²) in [4.78, 5) is 0. The van der Waals surface area contributed by atoms with Crippen molar-refractivity contribution in [3.63, 3.8) is 0 Å². The SMILES string of the molecule is COC(C)(C)CCC(O)c1cccc(Br)c1C. The lowest BCUT2D eigenvalue weighted by atomic mass is 9.94. The third-order valence-corrected chi connectivity index (χ3v) is 4.10. The summed E-state index contributed by atoms with van der Waals surface area (Å²) < 4.78 is 6.40. The van der Waals surface area contributed by atoms with Crippen LogP contribution in [0.5, 0.6) is 0 Å². The van der Waals surface area contributed by atoms with Gasteiger partial charge >= 0.3 is 0 Å². The van der Waals surface area contributed by atoms with Gasteiger partial charge in [0.1, 0.15) is 0 Å². The Bertz CT molecular complexity index is 374. The van der Waals surface area contributed by atoms with Gasteiger partial charge < -0.3 is 9.84 Å². The first-order valence-electron chi connectivity index (χ1n) is 5.85. The minimum Gasteiger partial charge on any atom is -0.388 e. The van der Waals surface area contributed by atoms with Gasteiger partial charge in [0.15, 0.2) is 0 Å². The molecule has 0 aliphatic rings. The van der Waals surface area contributed by atoms with E-state index in [9.17, 15) is 5.11 Å². The summed E-state index contributed by atoms with van der Waals surface area (Å²) in [6.45, 7) is 6.09. The van der Waals surface area contributed by atoms with Crippen LogP contribution in [0.1, 0.15) is 43.9 Å². The highest BCUT2D eigenvalue weighted by atomic mass is 79.9. The van der Waals surface area contributed by atoms with Crippen LogP contribution in [0, 0.1) is 6.92 Å². The fourth-order valence-electron chi connectivity index (χ4n) is 1.73. The van der Waals surface area contributed by atoms with Gasteiger partial charge in [-0.1, -0.05) is 28.1 Å². The Balaban J connectivity index is 2.71. The molecule has 96 valence electrons. The number of hydrogen-bond donors (Lipinski definition) is 1. The quantitative estimate of drug-likeness (QED) is 0.891. The molecule has 0 saturated heterocycles. The number of rotatable bonds is 5. The smallest absolute Gasteiger partial charge is 0.0794 e. The van der Waals surface area contributed by atoms with E-state index in [4.69, 9.17) is 4.74 Å². The van der Waals surface area contributed by atoms with E-state index in [1.807, 2.05) is 39.0 Å². The minimum atomic E-state index is -0.429. The molecule has 0 aromatic heterocycles. The maximum Gasteiger partial charge on any atom is 0.0794 e. The Hall–Kier alpha value is -0.380. The van der Waals surface area contributed by atoms with Gasteiger partial charge in [0, 0.05) is 11.6 Å². The molecule has 17 heavy (non-hydrogen) atoms. The molecule has 0 fully saturated rings. The predicted octanol–water partition coefficient (Wildman–Crippen LogP) is 4.00. The zero-order valence-electron chi connectivity index (χ0n) is 11.0. The predicted molar refractivity (Wildman–Crippen MR) is 74.2 cm³/mol. The largest absolute Gasteiger partial charge is 0.388 e. The first kappa shape index (κ1) is 14.7. The summed E-state index contributed by atoms with van der Waals surface area (Å²) in [5.74, 6) is 0. The normalized spacial score (nSPS) is 13.8. The molecular weight excluding hydrogens is 280 g/mol. The molecule has 1 atom stereocenters. The number of halogens is 1. The summed E-state index contributed by atoms with van der Waals surface area (Å²) in [7, 11) is 1.71. The van der Waals surface area contributed by atoms with E-state index >= 15 is 0 Å². The van der Waals surface area contributed by atoms with Crippen molar-refractivity contribution in [2.24, 2.45) is 0 Å². The Morgan fingerprint density at radius 2 is 2.06 bits per heavy atom. The third kappa shape index (κ3) is 4.09. The van der Waals surface area contributed by atoms with Crippen LogP contribution in [0.15, 0.2) is 22.7 Å². The van der Waals surface area contributed by atoms with Crippen LogP contribution in [0.4, 0.5) is 0 Å². The van der Waals surface area contributed by atoms with Gasteiger partial charge in [-0.3, -0.25) is 0 Å². The first-order chi connectivity index (χ1) is 7.87. The van der Waals surface area contributed by atoms with Crippen molar-refractivity contribution in [3.8, 4) is 0 Å². The van der Waals surface area contributed by atoms with Crippen molar-refractivity contribution in [1.82, 2.24) is 0 Å². The fourth-order valence-corrected chi connectivity index (χ4v) is 2.11. The lowest BCUT2D eigenvalue weighted by molar-refractivity contribution is 0.00273. The maximum atomic E-state index is 10.2. The maximum absolute atomic E-state index is 10.2. The molecule has 1 aromatic rings. The van der Waals surface area contributed by atoms with Crippen LogP contribution in [0.3, 0.4) is 0 Å². The van der Waals surface area contributed by atoms with Crippen molar-refractivity contribution < 1.29 is 9.84 Å². The Labute approximate surface area is 112 Å². The standard InChI is InChI=1S/C14H21BrO2/c1-10-11(6-5-7-12(10)15)13(16)8-9-14(2,3)17-4/h5-7,13,16H,8-9H2,1-4H3. The number of methoxy groups -OCH3 is 1. The fraction of sp³-hybridized carbons (Fsp3) is 0.571. The van der Waals surface area contributed by atoms with Crippen LogP contribution in [-0.4, -0.2) is 17.8 Å². The lowest BCUT2D eigenvalue weighted by Gasteiger charge is -2.24. The molecule has 1 unspecified atom stereocenters. The zero-order chi connectivity index (χ0) is 13.1. The van der Waals surface area contributed by atoms with E-state index in [2.05, 4.69) is 15.9 Å². The van der Waals surface area contributed by atoms with Crippen LogP contribution < -0.4 is 0 Å². The molecule has 2 nitrogen and oxygen atoms in total. The highest BCUT2D eigenvalue weighted by Crippen LogP contribution is 2.29. The van der Waals surface area contributed by atoms with Gasteiger partial charge in [0.25, 0.3) is 0 Å². The van der Waals surface area contributed by atoms with E-state index in [1.165, 1.54) is 0 Å². The molecule has 0 bridgehead atoms. The molecule has 1 N–H and O–H groups in total. The summed E-state index contributed by atoms with van der Waals surface area (Å²) in [5, 5.41) is 10.2. The Morgan fingerprint density at radius 3 is 2.65 bits per heavy atom. The van der Waals surface area contributed by atoms with Crippen LogP contribution >= 0.6 is 15.9 Å². The second-order valence-electron chi connectivity index (χ2n) is 4.97. The number of aliphatic hydroxyl groups is 1. The Morgan fingerprint density at radius 1 is 1.41 bits per heavy atom. The molecule has 0 spiro atoms. The van der Waals surface area contributed by atoms with Crippen molar-refractivity contribution in [3.05, 3.63) is 33.8 Å². The summed E-state index contributed by atoms with van der Waals surface area (Å²) in [6.07, 6.45) is 1.11. The van der Waals surface area contributed by atoms with E-state index in [-0.39, 0.29) is 5.60 Å². The van der Waals surface area contributed by atoms with Crippen LogP contribution in [0.25, 0.3) is 0 Å². The highest BCUT2D eigenvalue weighted by molar-refractivity contribution is 9.10. The second-order valence-corrected chi connectivity index (χ2v) is 5.83. The van der Waals surface area contributed by atoms with E-state index < -0.39 is 6.10 Å². The average Bonchev–Trinajstić information content (AvgIpc) is 2.30. The average molecular weight is 301 g/mol. The molecule has 1 aromatic carbocycles. The van der Waals surface area contributed by atoms with E-state index in [0.29, 0.717) is 6.42 Å². The molecule has 0 aliphatic heterocycles. The van der Waals surface area contributed by atoms with Gasteiger partial charge in [-0.15, -0.1) is 0 Å². The summed E-state index contributed by atoms with van der Waals surface area (Å²) in [6, 6.07) is 5.92. The number of aliphatic hydroxyl groups excluding tert-OH is 1. The van der Waals surface area contributed by atoms with E-state index in [0.717, 1.165) is 22.0 Å². The van der Waals surface area contributed by atoms with Gasteiger partial charge in [-0.25, -0.2) is 0 Å². The van der Waals surface area contributed by atoms with Crippen molar-refractivity contribution in [1.29, 1.82) is 0 Å². The zero-order valence-corrected chi connectivity index (χ0v) is 12.5. The second kappa shape index (κ2) is 5.98. The number of ether oxygens (including phenoxy) is 1. The molecule has 0 saturated carbocycles. The first-order valence-corrected chi connectivity index (χ1v) is 6.65. The van der Waals surface area contributed by atoms with Gasteiger partial charge in [-0.2, -0.15) is 0 Å². The molecule has 0 aliphatic carbocycles. The topological polar surface area (TPSA) is 29.5 Å². The third-order valence-electron chi connectivity index (χ3n) is 3.24. The molecule has 0 amide bonds. The van der Waals surface area contributed by atoms with Gasteiger partial charge in [0.05, 0.1) is 11.7 Å². The summed E-state index contributed by atoms with van der Waals surface area (Å²) >= 11 is 3.48. The van der Waals surface area contributed by atoms with Crippen molar-refractivity contribution >= 4 is 15.9 Å². The monoisotopic (exact) mass is 300 g/mol. The molecule has 1 rings (SSSR count). The lowest BCUT2D eigenvalue weighted by Crippen LogP contribution is -2.23.